The number of piperidine rings is 1. The summed E-state index contributed by atoms with van der Waals surface area (Å²) >= 11 is 0. The van der Waals surface area contributed by atoms with Crippen molar-refractivity contribution in [3.05, 3.63) is 23.9 Å². The van der Waals surface area contributed by atoms with Gasteiger partial charge in [0, 0.05) is 24.3 Å². The SMILES string of the molecule is CC(C)N(C(=O)OC(C)(C)C)c1ccc([C@H]2CCCCN2C(C)C)cn1. The van der Waals surface area contributed by atoms with Crippen molar-refractivity contribution in [1.82, 2.24) is 9.88 Å². The quantitative estimate of drug-likeness (QED) is 0.742. The molecule has 1 aliphatic rings. The molecule has 146 valence electrons. The number of nitrogens with zero attached hydrogens (tertiary/aromatic N) is 3. The number of hydrogen-bond donors (Lipinski definition) is 0. The monoisotopic (exact) mass is 361 g/mol. The van der Waals surface area contributed by atoms with Crippen LogP contribution in [0.15, 0.2) is 18.3 Å². The van der Waals surface area contributed by atoms with Gasteiger partial charge in [0.15, 0.2) is 0 Å². The van der Waals surface area contributed by atoms with Crippen LogP contribution in [0.4, 0.5) is 10.6 Å². The van der Waals surface area contributed by atoms with Crippen LogP contribution in [0.1, 0.15) is 79.3 Å². The fourth-order valence-electron chi connectivity index (χ4n) is 3.55. The van der Waals surface area contributed by atoms with E-state index in [0.717, 1.165) is 6.54 Å². The second-order valence-corrected chi connectivity index (χ2v) is 8.74. The minimum absolute atomic E-state index is 0.0231. The molecule has 1 aromatic rings. The van der Waals surface area contributed by atoms with E-state index in [1.165, 1.54) is 24.8 Å². The number of carbonyl (C=O) groups is 1. The van der Waals surface area contributed by atoms with Crippen molar-refractivity contribution in [2.45, 2.75) is 91.5 Å². The first kappa shape index (κ1) is 20.7. The van der Waals surface area contributed by atoms with Crippen LogP contribution in [0.3, 0.4) is 0 Å². The summed E-state index contributed by atoms with van der Waals surface area (Å²) in [6.45, 7) is 15.2. The summed E-state index contributed by atoms with van der Waals surface area (Å²) in [6, 6.07) is 4.98. The Labute approximate surface area is 158 Å². The number of rotatable bonds is 4. The van der Waals surface area contributed by atoms with Gasteiger partial charge in [-0.2, -0.15) is 0 Å². The van der Waals surface area contributed by atoms with E-state index < -0.39 is 5.60 Å². The van der Waals surface area contributed by atoms with Gasteiger partial charge in [-0.3, -0.25) is 9.80 Å². The third-order valence-corrected chi connectivity index (χ3v) is 4.72. The maximum Gasteiger partial charge on any atom is 0.416 e. The molecule has 1 amide bonds. The van der Waals surface area contributed by atoms with Crippen molar-refractivity contribution in [3.8, 4) is 0 Å². The van der Waals surface area contributed by atoms with E-state index in [2.05, 4.69) is 29.8 Å². The van der Waals surface area contributed by atoms with Crippen LogP contribution in [0.5, 0.6) is 0 Å². The van der Waals surface area contributed by atoms with Gasteiger partial charge in [0.05, 0.1) is 0 Å². The molecule has 0 saturated carbocycles. The molecule has 1 aliphatic heterocycles. The third kappa shape index (κ3) is 5.19. The second kappa shape index (κ2) is 8.38. The number of pyridine rings is 1. The largest absolute Gasteiger partial charge is 0.443 e. The Balaban J connectivity index is 2.21. The molecule has 0 spiro atoms. The van der Waals surface area contributed by atoms with E-state index in [1.807, 2.05) is 46.9 Å². The molecule has 0 bridgehead atoms. The molecule has 0 unspecified atom stereocenters. The topological polar surface area (TPSA) is 45.7 Å². The predicted molar refractivity (Wildman–Crippen MR) is 107 cm³/mol. The van der Waals surface area contributed by atoms with E-state index in [9.17, 15) is 4.79 Å². The Hall–Kier alpha value is -1.62. The lowest BCUT2D eigenvalue weighted by molar-refractivity contribution is 0.0569. The van der Waals surface area contributed by atoms with Crippen LogP contribution in [0.25, 0.3) is 0 Å². The Morgan fingerprint density at radius 2 is 1.92 bits per heavy atom. The van der Waals surface area contributed by atoms with Crippen LogP contribution in [0, 0.1) is 0 Å². The van der Waals surface area contributed by atoms with Crippen molar-refractivity contribution in [1.29, 1.82) is 0 Å². The zero-order valence-corrected chi connectivity index (χ0v) is 17.5. The van der Waals surface area contributed by atoms with Crippen molar-refractivity contribution in [2.75, 3.05) is 11.4 Å². The van der Waals surface area contributed by atoms with Gasteiger partial charge in [-0.05, 0) is 79.5 Å². The summed E-state index contributed by atoms with van der Waals surface area (Å²) in [5.74, 6) is 0.643. The second-order valence-electron chi connectivity index (χ2n) is 8.74. The average Bonchev–Trinajstić information content (AvgIpc) is 2.53. The fraction of sp³-hybridized carbons (Fsp3) is 0.714. The van der Waals surface area contributed by atoms with Crippen LogP contribution in [-0.4, -0.2) is 40.2 Å². The molecule has 1 atom stereocenters. The van der Waals surface area contributed by atoms with Gasteiger partial charge < -0.3 is 4.74 Å². The normalized spacial score (nSPS) is 19.0. The maximum atomic E-state index is 12.6. The molecule has 0 radical (unpaired) electrons. The fourth-order valence-corrected chi connectivity index (χ4v) is 3.55. The average molecular weight is 362 g/mol. The first-order valence-corrected chi connectivity index (χ1v) is 9.84. The summed E-state index contributed by atoms with van der Waals surface area (Å²) in [5, 5.41) is 0. The number of anilines is 1. The van der Waals surface area contributed by atoms with E-state index in [-0.39, 0.29) is 12.1 Å². The highest BCUT2D eigenvalue weighted by atomic mass is 16.6. The lowest BCUT2D eigenvalue weighted by atomic mass is 9.95. The molecule has 1 saturated heterocycles. The van der Waals surface area contributed by atoms with Gasteiger partial charge in [-0.25, -0.2) is 9.78 Å². The minimum atomic E-state index is -0.524. The lowest BCUT2D eigenvalue weighted by Crippen LogP contribution is -2.41. The Bertz CT molecular complexity index is 590. The van der Waals surface area contributed by atoms with Crippen LogP contribution >= 0.6 is 0 Å². The van der Waals surface area contributed by atoms with Gasteiger partial charge in [-0.15, -0.1) is 0 Å². The molecule has 5 heteroatoms. The first-order chi connectivity index (χ1) is 12.1. The summed E-state index contributed by atoms with van der Waals surface area (Å²) < 4.78 is 5.55. The van der Waals surface area contributed by atoms with Crippen LogP contribution in [0.2, 0.25) is 0 Å². The van der Waals surface area contributed by atoms with Crippen LogP contribution in [-0.2, 0) is 4.74 Å². The number of carbonyl (C=O) groups excluding carboxylic acids is 1. The molecule has 0 N–H and O–H groups in total. The standard InChI is InChI=1S/C21H35N3O2/c1-15(2)23-13-9-8-10-18(23)17-11-12-19(22-14-17)24(16(3)4)20(25)26-21(5,6)7/h11-12,14-16,18H,8-10,13H2,1-7H3/t18-/m1/s1. The van der Waals surface area contributed by atoms with Crippen molar-refractivity contribution in [2.24, 2.45) is 0 Å². The highest BCUT2D eigenvalue weighted by molar-refractivity contribution is 5.87. The van der Waals surface area contributed by atoms with Gasteiger partial charge >= 0.3 is 6.09 Å². The van der Waals surface area contributed by atoms with Gasteiger partial charge in [0.2, 0.25) is 0 Å². The molecule has 2 heterocycles. The summed E-state index contributed by atoms with van der Waals surface area (Å²) in [5.41, 5.74) is 0.708. The Kier molecular flexibility index (Phi) is 6.67. The van der Waals surface area contributed by atoms with E-state index in [0.29, 0.717) is 17.9 Å². The minimum Gasteiger partial charge on any atom is -0.443 e. The van der Waals surface area contributed by atoms with Crippen molar-refractivity contribution < 1.29 is 9.53 Å². The lowest BCUT2D eigenvalue weighted by Gasteiger charge is -2.39. The van der Waals surface area contributed by atoms with Gasteiger partial charge in [0.25, 0.3) is 0 Å². The molecule has 2 rings (SSSR count). The number of likely N-dealkylation sites (tertiary alicyclic amines) is 1. The first-order valence-electron chi connectivity index (χ1n) is 9.84. The smallest absolute Gasteiger partial charge is 0.416 e. The highest BCUT2D eigenvalue weighted by Gasteiger charge is 2.28. The third-order valence-electron chi connectivity index (χ3n) is 4.72. The molecule has 1 fully saturated rings. The van der Waals surface area contributed by atoms with E-state index >= 15 is 0 Å². The number of amides is 1. The molecular formula is C21H35N3O2. The predicted octanol–water partition coefficient (Wildman–Crippen LogP) is 5.17. The Morgan fingerprint density at radius 3 is 2.42 bits per heavy atom. The maximum absolute atomic E-state index is 12.6. The summed E-state index contributed by atoms with van der Waals surface area (Å²) in [4.78, 5) is 21.4. The molecule has 1 aromatic heterocycles. The van der Waals surface area contributed by atoms with Crippen molar-refractivity contribution in [3.63, 3.8) is 0 Å². The van der Waals surface area contributed by atoms with Crippen molar-refractivity contribution >= 4 is 11.9 Å². The number of hydrogen-bond acceptors (Lipinski definition) is 4. The zero-order chi connectivity index (χ0) is 19.5. The van der Waals surface area contributed by atoms with E-state index in [1.54, 1.807) is 4.90 Å². The number of aromatic nitrogens is 1. The Morgan fingerprint density at radius 1 is 1.23 bits per heavy atom. The number of ether oxygens (including phenoxy) is 1. The molecule has 26 heavy (non-hydrogen) atoms. The highest BCUT2D eigenvalue weighted by Crippen LogP contribution is 2.32. The summed E-state index contributed by atoms with van der Waals surface area (Å²) in [7, 11) is 0. The molecule has 0 aliphatic carbocycles. The zero-order valence-electron chi connectivity index (χ0n) is 17.5. The molecule has 0 aromatic carbocycles. The molecule has 5 nitrogen and oxygen atoms in total. The molecular weight excluding hydrogens is 326 g/mol. The van der Waals surface area contributed by atoms with Crippen LogP contribution < -0.4 is 4.90 Å². The van der Waals surface area contributed by atoms with Gasteiger partial charge in [0.1, 0.15) is 11.4 Å². The van der Waals surface area contributed by atoms with E-state index in [4.69, 9.17) is 4.74 Å². The summed E-state index contributed by atoms with van der Waals surface area (Å²) in [6.07, 6.45) is 5.26. The van der Waals surface area contributed by atoms with Gasteiger partial charge in [-0.1, -0.05) is 12.5 Å².